The van der Waals surface area contributed by atoms with Crippen molar-refractivity contribution in [3.05, 3.63) is 95.3 Å². The number of anilines is 2. The summed E-state index contributed by atoms with van der Waals surface area (Å²) in [5.74, 6) is -4.31. The van der Waals surface area contributed by atoms with E-state index >= 15 is 0 Å². The second-order valence-corrected chi connectivity index (χ2v) is 10.2. The van der Waals surface area contributed by atoms with Crippen LogP contribution in [0, 0.1) is 12.0 Å². The van der Waals surface area contributed by atoms with Crippen LogP contribution >= 0.6 is 12.0 Å². The van der Waals surface area contributed by atoms with Crippen molar-refractivity contribution in [3.63, 3.8) is 0 Å². The molecule has 0 unspecified atom stereocenters. The van der Waals surface area contributed by atoms with Crippen molar-refractivity contribution in [2.75, 3.05) is 5.32 Å². The van der Waals surface area contributed by atoms with E-state index in [4.69, 9.17) is 0 Å². The molecule has 238 valence electrons. The number of azo groups is 1. The third-order valence-electron chi connectivity index (χ3n) is 5.18. The van der Waals surface area contributed by atoms with E-state index in [2.05, 4.69) is 45.4 Å². The van der Waals surface area contributed by atoms with E-state index in [0.717, 1.165) is 6.07 Å². The van der Waals surface area contributed by atoms with Gasteiger partial charge in [0.25, 0.3) is 0 Å². The number of carboxylic acids is 1. The van der Waals surface area contributed by atoms with Crippen LogP contribution in [0.2, 0.25) is 0 Å². The smallest absolute Gasteiger partial charge is 0.744 e. The SMILES string of the molecule is O=C(O)c1ccc(SOO[O-])cc1[N-]/N=C(\N=Nc1cc(S(=O)(=O)[O-])cc(Nc2cc(F)nc(F)n2)c1O)c1ccccc1.[Cu+].[Li+].[Li+]. The normalized spacial score (nSPS) is 11.2. The van der Waals surface area contributed by atoms with Crippen LogP contribution in [0.3, 0.4) is 0 Å². The number of hydrogen-bond donors (Lipinski definition) is 3. The van der Waals surface area contributed by atoms with E-state index in [1.807, 2.05) is 0 Å². The maximum Gasteiger partial charge on any atom is 1.00 e. The third kappa shape index (κ3) is 11.7. The number of halogens is 2. The molecule has 0 bridgehead atoms. The molecule has 23 heteroatoms. The van der Waals surface area contributed by atoms with Gasteiger partial charge in [-0.05, 0) is 24.3 Å². The number of aromatic carboxylic acids is 1. The number of amidine groups is 1. The van der Waals surface area contributed by atoms with Gasteiger partial charge in [0.1, 0.15) is 21.6 Å². The number of nitrogens with one attached hydrogen (secondary N) is 1. The van der Waals surface area contributed by atoms with E-state index < -0.39 is 56.0 Å². The molecule has 0 aliphatic rings. The van der Waals surface area contributed by atoms with Gasteiger partial charge in [-0.2, -0.15) is 23.1 Å². The van der Waals surface area contributed by atoms with E-state index in [1.54, 1.807) is 18.2 Å². The van der Waals surface area contributed by atoms with Crippen molar-refractivity contribution in [1.29, 1.82) is 0 Å². The van der Waals surface area contributed by atoms with Gasteiger partial charge in [0.2, 0.25) is 5.95 Å². The molecule has 4 aromatic rings. The number of hydrogen-bond acceptors (Lipinski definition) is 14. The first-order chi connectivity index (χ1) is 20.9. The molecule has 0 fully saturated rings. The number of rotatable bonds is 11. The van der Waals surface area contributed by atoms with Gasteiger partial charge in [-0.15, -0.1) is 15.9 Å². The number of aromatic hydroxyl groups is 1. The summed E-state index contributed by atoms with van der Waals surface area (Å²) in [6, 6.07) is 13.5. The van der Waals surface area contributed by atoms with Crippen LogP contribution in [-0.4, -0.2) is 45.0 Å². The van der Waals surface area contributed by atoms with E-state index in [1.165, 1.54) is 24.3 Å². The average molecular weight is 724 g/mol. The van der Waals surface area contributed by atoms with Crippen LogP contribution in [0.4, 0.5) is 31.7 Å². The summed E-state index contributed by atoms with van der Waals surface area (Å²) in [6.07, 6.45) is -1.48. The predicted molar refractivity (Wildman–Crippen MR) is 143 cm³/mol. The van der Waals surface area contributed by atoms with Crippen molar-refractivity contribution >= 4 is 56.8 Å². The fourth-order valence-corrected chi connectivity index (χ4v) is 4.21. The minimum Gasteiger partial charge on any atom is -0.744 e. The Balaban J connectivity index is 0.00000368. The second kappa shape index (κ2) is 18.8. The monoisotopic (exact) mass is 723 g/mol. The van der Waals surface area contributed by atoms with Gasteiger partial charge in [-0.1, -0.05) is 36.4 Å². The Kier molecular flexibility index (Phi) is 16.7. The zero-order valence-corrected chi connectivity index (χ0v) is 26.2. The average Bonchev–Trinajstić information content (AvgIpc) is 2.97. The van der Waals surface area contributed by atoms with Gasteiger partial charge >= 0.3 is 66.8 Å². The molecular weight excluding hydrogens is 710 g/mol. The summed E-state index contributed by atoms with van der Waals surface area (Å²) < 4.78 is 66.6. The Bertz CT molecular complexity index is 1860. The first-order valence-electron chi connectivity index (χ1n) is 11.5. The number of aromatic nitrogens is 2. The van der Waals surface area contributed by atoms with Crippen molar-refractivity contribution < 1.29 is 106 Å². The van der Waals surface area contributed by atoms with Crippen LogP contribution < -0.4 is 48.3 Å². The number of benzene rings is 3. The molecular formula is C24H14CuF2Li2N7O9S2. The predicted octanol–water partition coefficient (Wildman–Crippen LogP) is -1.81. The molecule has 0 aliphatic heterocycles. The Labute approximate surface area is 302 Å². The standard InChI is InChI=1S/C24H17F2N7O9S2.Cu.2Li/c25-19-11-20(29-24(26)28-19)27-17-9-14(44(38,39)40)10-18(21(17)34)31-33-22(12-4-2-1-3-5-12)32-30-16-8-13(43-42-41-37)6-7-15(16)23(35)36;;;/h1-11H,(H6,27,28,29,30,31,32,33,34,35,36,37,38,39,40);;;/q;3*+1/p-3. The summed E-state index contributed by atoms with van der Waals surface area (Å²) in [5, 5.41) is 47.6. The Morgan fingerprint density at radius 1 is 1.04 bits per heavy atom. The minimum atomic E-state index is -5.16. The molecule has 0 aliphatic carbocycles. The van der Waals surface area contributed by atoms with Gasteiger partial charge in [0.05, 0.1) is 22.6 Å². The van der Waals surface area contributed by atoms with Gasteiger partial charge < -0.3 is 35.9 Å². The second-order valence-electron chi connectivity index (χ2n) is 8.06. The minimum absolute atomic E-state index is 0. The van der Waals surface area contributed by atoms with Gasteiger partial charge in [-0.3, -0.25) is 5.04 Å². The molecule has 3 N–H and O–H groups in total. The molecule has 0 amide bonds. The topological polar surface area (TPSA) is 245 Å². The summed E-state index contributed by atoms with van der Waals surface area (Å²) in [4.78, 5) is 17.1. The van der Waals surface area contributed by atoms with Crippen LogP contribution in [-0.2, 0) is 36.6 Å². The third-order valence-corrected chi connectivity index (χ3v) is 6.56. The maximum absolute atomic E-state index is 13.5. The fourth-order valence-electron chi connectivity index (χ4n) is 3.31. The Morgan fingerprint density at radius 3 is 2.36 bits per heavy atom. The van der Waals surface area contributed by atoms with Crippen LogP contribution in [0.15, 0.2) is 91.9 Å². The van der Waals surface area contributed by atoms with Crippen molar-refractivity contribution in [3.8, 4) is 5.75 Å². The number of carbonyl (C=O) groups is 1. The molecule has 16 nitrogen and oxygen atoms in total. The molecule has 1 aromatic heterocycles. The summed E-state index contributed by atoms with van der Waals surface area (Å²) in [6.45, 7) is 0. The summed E-state index contributed by atoms with van der Waals surface area (Å²) in [7, 11) is -5.16. The molecule has 0 saturated carbocycles. The molecule has 0 atom stereocenters. The number of nitrogens with zero attached hydrogens (tertiary/aromatic N) is 6. The zero-order chi connectivity index (χ0) is 31.9. The van der Waals surface area contributed by atoms with Crippen LogP contribution in [0.25, 0.3) is 5.43 Å². The largest absolute Gasteiger partial charge is 1.00 e. The number of phenolic OH excluding ortho intramolecular Hbond substituents is 1. The maximum atomic E-state index is 13.5. The molecule has 3 aromatic carbocycles. The zero-order valence-electron chi connectivity index (χ0n) is 23.7. The summed E-state index contributed by atoms with van der Waals surface area (Å²) in [5.41, 5.74) is 2.52. The molecule has 0 radical (unpaired) electrons. The Morgan fingerprint density at radius 2 is 1.74 bits per heavy atom. The van der Waals surface area contributed by atoms with E-state index in [9.17, 15) is 42.0 Å². The van der Waals surface area contributed by atoms with E-state index in [-0.39, 0.29) is 82.3 Å². The van der Waals surface area contributed by atoms with Crippen molar-refractivity contribution in [1.82, 2.24) is 9.97 Å². The van der Waals surface area contributed by atoms with Gasteiger partial charge in [0, 0.05) is 22.1 Å². The van der Waals surface area contributed by atoms with Gasteiger partial charge in [0.15, 0.2) is 11.6 Å². The quantitative estimate of drug-likeness (QED) is 0.0132. The molecule has 47 heavy (non-hydrogen) atoms. The number of carboxylic acid groups (broad SMARTS) is 1. The first kappa shape index (κ1) is 41.6. The summed E-state index contributed by atoms with van der Waals surface area (Å²) >= 11 is 0.465. The van der Waals surface area contributed by atoms with Gasteiger partial charge in [-0.25, -0.2) is 13.2 Å². The van der Waals surface area contributed by atoms with Crippen LogP contribution in [0.1, 0.15) is 15.9 Å². The fraction of sp³-hybridized carbons (Fsp3) is 0. The Hall–Kier alpha value is -3.41. The van der Waals surface area contributed by atoms with Crippen molar-refractivity contribution in [2.45, 2.75) is 9.79 Å². The van der Waals surface area contributed by atoms with Crippen LogP contribution in [0.5, 0.6) is 5.75 Å². The first-order valence-corrected chi connectivity index (χ1v) is 13.7. The number of phenols is 1. The molecule has 0 spiro atoms. The molecule has 1 heterocycles. The van der Waals surface area contributed by atoms with Crippen molar-refractivity contribution in [2.24, 2.45) is 15.3 Å². The molecule has 4 rings (SSSR count). The molecule has 0 saturated heterocycles. The van der Waals surface area contributed by atoms with E-state index in [0.29, 0.717) is 30.2 Å².